The summed E-state index contributed by atoms with van der Waals surface area (Å²) in [6.45, 7) is 10.0. The van der Waals surface area contributed by atoms with Crippen LogP contribution in [-0.4, -0.2) is 62.0 Å². The highest BCUT2D eigenvalue weighted by Gasteiger charge is 2.34. The van der Waals surface area contributed by atoms with Crippen molar-refractivity contribution in [2.45, 2.75) is 52.0 Å². The topological polar surface area (TPSA) is 101 Å². The summed E-state index contributed by atoms with van der Waals surface area (Å²) in [4.78, 5) is 24.5. The van der Waals surface area contributed by atoms with Gasteiger partial charge in [-0.3, -0.25) is 4.79 Å². The third kappa shape index (κ3) is 7.38. The first-order valence-corrected chi connectivity index (χ1v) is 14.3. The number of halogens is 1. The van der Waals surface area contributed by atoms with E-state index in [2.05, 4.69) is 29.0 Å². The quantitative estimate of drug-likeness (QED) is 0.489. The number of rotatable bonds is 10. The molecule has 10 heteroatoms. The lowest BCUT2D eigenvalue weighted by molar-refractivity contribution is -0.121. The van der Waals surface area contributed by atoms with E-state index in [1.807, 2.05) is 12.1 Å². The second-order valence-electron chi connectivity index (χ2n) is 10.1. The summed E-state index contributed by atoms with van der Waals surface area (Å²) in [6, 6.07) is 7.58. The lowest BCUT2D eigenvalue weighted by Gasteiger charge is -2.38. The van der Waals surface area contributed by atoms with Crippen LogP contribution in [0.25, 0.3) is 0 Å². The number of sulfone groups is 1. The van der Waals surface area contributed by atoms with E-state index < -0.39 is 26.8 Å². The van der Waals surface area contributed by atoms with Gasteiger partial charge >= 0.3 is 0 Å². The van der Waals surface area contributed by atoms with Crippen LogP contribution < -0.4 is 10.2 Å². The van der Waals surface area contributed by atoms with E-state index in [1.54, 1.807) is 32.2 Å². The van der Waals surface area contributed by atoms with Gasteiger partial charge in [0.2, 0.25) is 0 Å². The lowest BCUT2D eigenvalue weighted by Crippen LogP contribution is -2.42. The molecular formula is C25H35ClN4O4S. The largest absolute Gasteiger partial charge is 0.381 e. The van der Waals surface area contributed by atoms with Gasteiger partial charge in [0, 0.05) is 38.3 Å². The summed E-state index contributed by atoms with van der Waals surface area (Å²) >= 11 is 6.02. The van der Waals surface area contributed by atoms with Gasteiger partial charge in [0.15, 0.2) is 21.4 Å². The van der Waals surface area contributed by atoms with E-state index in [4.69, 9.17) is 21.3 Å². The Labute approximate surface area is 213 Å². The second-order valence-corrected chi connectivity index (χ2v) is 12.6. The predicted molar refractivity (Wildman–Crippen MR) is 141 cm³/mol. The average molecular weight is 523 g/mol. The molecule has 0 atom stereocenters. The predicted octanol–water partition coefficient (Wildman–Crippen LogP) is 4.41. The first-order chi connectivity index (χ1) is 16.4. The maximum absolute atomic E-state index is 12.9. The minimum absolute atomic E-state index is 0.289. The smallest absolute Gasteiger partial charge is 0.159 e. The number of anilines is 3. The van der Waals surface area contributed by atoms with Crippen molar-refractivity contribution in [1.82, 2.24) is 9.97 Å². The van der Waals surface area contributed by atoms with Gasteiger partial charge in [-0.15, -0.1) is 0 Å². The van der Waals surface area contributed by atoms with Crippen molar-refractivity contribution >= 4 is 44.5 Å². The molecule has 0 aliphatic carbocycles. The molecule has 1 N–H and O–H groups in total. The van der Waals surface area contributed by atoms with Gasteiger partial charge in [-0.2, -0.15) is 0 Å². The van der Waals surface area contributed by atoms with Gasteiger partial charge in [-0.25, -0.2) is 18.4 Å². The number of aromatic nitrogens is 2. The molecule has 3 rings (SSSR count). The third-order valence-electron chi connectivity index (χ3n) is 6.08. The van der Waals surface area contributed by atoms with Gasteiger partial charge in [0.25, 0.3) is 0 Å². The van der Waals surface area contributed by atoms with Crippen molar-refractivity contribution in [1.29, 1.82) is 0 Å². The van der Waals surface area contributed by atoms with E-state index in [0.717, 1.165) is 31.3 Å². The van der Waals surface area contributed by atoms with Crippen LogP contribution in [-0.2, 0) is 24.8 Å². The molecule has 3 heterocycles. The maximum atomic E-state index is 12.9. The number of carbonyl (C=O) groups excluding carboxylic acids is 1. The number of hydrogen-bond acceptors (Lipinski definition) is 8. The monoisotopic (exact) mass is 522 g/mol. The molecule has 0 radical (unpaired) electrons. The van der Waals surface area contributed by atoms with Crippen molar-refractivity contribution in [3.63, 3.8) is 0 Å². The van der Waals surface area contributed by atoms with Crippen molar-refractivity contribution in [2.24, 2.45) is 5.92 Å². The Morgan fingerprint density at radius 1 is 1.23 bits per heavy atom. The highest BCUT2D eigenvalue weighted by Crippen LogP contribution is 2.35. The minimum atomic E-state index is -3.46. The second kappa shape index (κ2) is 11.2. The molecule has 0 saturated carbocycles. The Morgan fingerprint density at radius 2 is 1.91 bits per heavy atom. The number of ether oxygens (including phenoxy) is 1. The lowest BCUT2D eigenvalue weighted by atomic mass is 9.84. The number of carbonyl (C=O) groups is 1. The van der Waals surface area contributed by atoms with E-state index in [9.17, 15) is 13.2 Å². The standard InChI is InChI=1S/C25H35ClN4O4S/c1-17(2)15-30(19-10-12-34-13-11-19)20-7-8-21(25(3,4)22(31)16-35(5,32)33)28-24(20)29-23-9-6-18(26)14-27-23/h6-9,14,17,19H,10-13,15-16H2,1-5H3,(H,27,28,29). The van der Waals surface area contributed by atoms with Gasteiger partial charge in [-0.1, -0.05) is 25.4 Å². The summed E-state index contributed by atoms with van der Waals surface area (Å²) in [5.74, 6) is 0.597. The third-order valence-corrected chi connectivity index (χ3v) is 7.09. The van der Waals surface area contributed by atoms with Crippen molar-refractivity contribution in [3.8, 4) is 0 Å². The molecule has 0 unspecified atom stereocenters. The molecule has 1 aliphatic rings. The van der Waals surface area contributed by atoms with Crippen LogP contribution in [0.1, 0.15) is 46.2 Å². The van der Waals surface area contributed by atoms with Gasteiger partial charge < -0.3 is 15.0 Å². The van der Waals surface area contributed by atoms with Gasteiger partial charge in [0.05, 0.1) is 21.8 Å². The molecule has 8 nitrogen and oxygen atoms in total. The van der Waals surface area contributed by atoms with Crippen molar-refractivity contribution in [3.05, 3.63) is 41.2 Å². The zero-order valence-corrected chi connectivity index (χ0v) is 22.6. The molecule has 0 spiro atoms. The number of nitrogens with zero attached hydrogens (tertiary/aromatic N) is 3. The normalized spacial score (nSPS) is 15.3. The summed E-state index contributed by atoms with van der Waals surface area (Å²) < 4.78 is 29.2. The zero-order chi connectivity index (χ0) is 25.8. The van der Waals surface area contributed by atoms with Crippen LogP contribution in [0.5, 0.6) is 0 Å². The Bertz CT molecular complexity index is 1130. The summed E-state index contributed by atoms with van der Waals surface area (Å²) in [6.07, 6.45) is 4.43. The molecular weight excluding hydrogens is 488 g/mol. The number of nitrogens with one attached hydrogen (secondary N) is 1. The summed E-state index contributed by atoms with van der Waals surface area (Å²) in [7, 11) is -3.46. The fourth-order valence-corrected chi connectivity index (χ4v) is 5.04. The Balaban J connectivity index is 2.07. The average Bonchev–Trinajstić information content (AvgIpc) is 2.78. The van der Waals surface area contributed by atoms with Crippen LogP contribution in [0.15, 0.2) is 30.5 Å². The fourth-order valence-electron chi connectivity index (χ4n) is 4.09. The summed E-state index contributed by atoms with van der Waals surface area (Å²) in [5.41, 5.74) is 0.299. The van der Waals surface area contributed by atoms with Gasteiger partial charge in [-0.05, 0) is 56.9 Å². The Morgan fingerprint density at radius 3 is 2.49 bits per heavy atom. The molecule has 0 amide bonds. The first-order valence-electron chi connectivity index (χ1n) is 11.8. The first kappa shape index (κ1) is 27.4. The number of pyridine rings is 2. The minimum Gasteiger partial charge on any atom is -0.381 e. The Kier molecular flexibility index (Phi) is 8.77. The number of ketones is 1. The van der Waals surface area contributed by atoms with Crippen LogP contribution in [0.3, 0.4) is 0 Å². The van der Waals surface area contributed by atoms with Crippen LogP contribution in [0.4, 0.5) is 17.3 Å². The highest BCUT2D eigenvalue weighted by molar-refractivity contribution is 7.91. The number of hydrogen-bond donors (Lipinski definition) is 1. The fraction of sp³-hybridized carbons (Fsp3) is 0.560. The maximum Gasteiger partial charge on any atom is 0.159 e. The van der Waals surface area contributed by atoms with Gasteiger partial charge in [0.1, 0.15) is 11.6 Å². The van der Waals surface area contributed by atoms with Crippen LogP contribution in [0, 0.1) is 5.92 Å². The van der Waals surface area contributed by atoms with Crippen LogP contribution in [0.2, 0.25) is 5.02 Å². The van der Waals surface area contributed by atoms with E-state index in [0.29, 0.717) is 41.5 Å². The van der Waals surface area contributed by atoms with E-state index in [-0.39, 0.29) is 6.04 Å². The van der Waals surface area contributed by atoms with Crippen molar-refractivity contribution < 1.29 is 17.9 Å². The molecule has 35 heavy (non-hydrogen) atoms. The van der Waals surface area contributed by atoms with Crippen LogP contribution >= 0.6 is 11.6 Å². The van der Waals surface area contributed by atoms with E-state index in [1.165, 1.54) is 0 Å². The molecule has 1 fully saturated rings. The zero-order valence-electron chi connectivity index (χ0n) is 21.0. The Hall–Kier alpha value is -2.23. The highest BCUT2D eigenvalue weighted by atomic mass is 35.5. The SMILES string of the molecule is CC(C)CN(c1ccc(C(C)(C)C(=O)CS(C)(=O)=O)nc1Nc1ccc(Cl)cn1)C1CCOCC1. The summed E-state index contributed by atoms with van der Waals surface area (Å²) in [5, 5.41) is 3.83. The molecule has 0 bridgehead atoms. The molecule has 0 aromatic carbocycles. The molecule has 192 valence electrons. The van der Waals surface area contributed by atoms with Crippen molar-refractivity contribution in [2.75, 3.05) is 42.0 Å². The molecule has 2 aromatic rings. The van der Waals surface area contributed by atoms with E-state index >= 15 is 0 Å². The molecule has 2 aromatic heterocycles. The number of Topliss-reactive ketones (excluding diaryl/α,β-unsaturated/α-hetero) is 1. The molecule has 1 aliphatic heterocycles. The molecule has 1 saturated heterocycles.